The molecule has 2 aromatic rings. The highest BCUT2D eigenvalue weighted by Gasteiger charge is 2.23. The Hall–Kier alpha value is -1.63. The van der Waals surface area contributed by atoms with Crippen molar-refractivity contribution in [3.8, 4) is 11.1 Å². The van der Waals surface area contributed by atoms with Gasteiger partial charge in [-0.15, -0.1) is 0 Å². The maximum Gasteiger partial charge on any atom is 0.0526 e. The van der Waals surface area contributed by atoms with Crippen LogP contribution in [0.1, 0.15) is 27.9 Å². The van der Waals surface area contributed by atoms with Crippen LogP contribution in [-0.4, -0.2) is 4.98 Å². The molecular formula is C15H15N. The smallest absolute Gasteiger partial charge is 0.0526 e. The van der Waals surface area contributed by atoms with Crippen LogP contribution in [0, 0.1) is 20.8 Å². The maximum atomic E-state index is 4.49. The van der Waals surface area contributed by atoms with Gasteiger partial charge in [0, 0.05) is 18.2 Å². The second kappa shape index (κ2) is 3.18. The van der Waals surface area contributed by atoms with Gasteiger partial charge in [-0.3, -0.25) is 4.98 Å². The lowest BCUT2D eigenvalue weighted by molar-refractivity contribution is 1.10. The molecule has 1 heteroatoms. The maximum absolute atomic E-state index is 4.49. The summed E-state index contributed by atoms with van der Waals surface area (Å²) in [5.41, 5.74) is 9.66. The molecule has 1 aromatic carbocycles. The standard InChI is InChI=1S/C15H15N/c1-9-7-10(2)15-12-5-4-6-16-14(12)8-13(15)11(9)3/h4-7H,8H2,1-3H3. The van der Waals surface area contributed by atoms with E-state index in [-0.39, 0.29) is 0 Å². The van der Waals surface area contributed by atoms with Crippen LogP contribution in [0.5, 0.6) is 0 Å². The van der Waals surface area contributed by atoms with Crippen molar-refractivity contribution in [2.24, 2.45) is 0 Å². The zero-order chi connectivity index (χ0) is 11.3. The fourth-order valence-electron chi connectivity index (χ4n) is 2.74. The van der Waals surface area contributed by atoms with Crippen molar-refractivity contribution in [2.75, 3.05) is 0 Å². The Kier molecular flexibility index (Phi) is 1.90. The van der Waals surface area contributed by atoms with E-state index in [1.165, 1.54) is 39.1 Å². The number of rotatable bonds is 0. The van der Waals surface area contributed by atoms with E-state index in [4.69, 9.17) is 0 Å². The minimum Gasteiger partial charge on any atom is -0.260 e. The molecule has 0 amide bonds. The van der Waals surface area contributed by atoms with Crippen molar-refractivity contribution in [3.63, 3.8) is 0 Å². The molecule has 16 heavy (non-hydrogen) atoms. The molecule has 0 saturated heterocycles. The van der Waals surface area contributed by atoms with Crippen molar-refractivity contribution in [1.29, 1.82) is 0 Å². The van der Waals surface area contributed by atoms with Crippen molar-refractivity contribution in [1.82, 2.24) is 4.98 Å². The molecular weight excluding hydrogens is 194 g/mol. The third-order valence-electron chi connectivity index (χ3n) is 3.68. The number of hydrogen-bond acceptors (Lipinski definition) is 1. The first-order valence-electron chi connectivity index (χ1n) is 5.72. The van der Waals surface area contributed by atoms with Crippen molar-refractivity contribution >= 4 is 0 Å². The van der Waals surface area contributed by atoms with Gasteiger partial charge in [-0.25, -0.2) is 0 Å². The van der Waals surface area contributed by atoms with E-state index in [9.17, 15) is 0 Å². The van der Waals surface area contributed by atoms with Crippen LogP contribution in [-0.2, 0) is 6.42 Å². The van der Waals surface area contributed by atoms with Crippen molar-refractivity contribution in [3.05, 3.63) is 52.3 Å². The molecule has 80 valence electrons. The molecule has 1 aromatic heterocycles. The summed E-state index contributed by atoms with van der Waals surface area (Å²) in [6, 6.07) is 6.51. The topological polar surface area (TPSA) is 12.9 Å². The zero-order valence-corrected chi connectivity index (χ0v) is 9.96. The van der Waals surface area contributed by atoms with Gasteiger partial charge in [-0.1, -0.05) is 12.1 Å². The van der Waals surface area contributed by atoms with Crippen LogP contribution in [0.2, 0.25) is 0 Å². The molecule has 0 aliphatic heterocycles. The van der Waals surface area contributed by atoms with Crippen LogP contribution in [0.4, 0.5) is 0 Å². The lowest BCUT2D eigenvalue weighted by Crippen LogP contribution is -1.93. The van der Waals surface area contributed by atoms with Gasteiger partial charge >= 0.3 is 0 Å². The molecule has 1 aliphatic rings. The SMILES string of the molecule is Cc1cc(C)c2c(c1C)Cc1ncccc1-2. The molecule has 0 unspecified atom stereocenters. The summed E-state index contributed by atoms with van der Waals surface area (Å²) in [4.78, 5) is 4.49. The molecule has 0 N–H and O–H groups in total. The summed E-state index contributed by atoms with van der Waals surface area (Å²) >= 11 is 0. The third-order valence-corrected chi connectivity index (χ3v) is 3.68. The van der Waals surface area contributed by atoms with Gasteiger partial charge < -0.3 is 0 Å². The largest absolute Gasteiger partial charge is 0.260 e. The Morgan fingerprint density at radius 3 is 2.75 bits per heavy atom. The molecule has 0 atom stereocenters. The molecule has 0 bridgehead atoms. The van der Waals surface area contributed by atoms with Gasteiger partial charge in [0.15, 0.2) is 0 Å². The molecule has 0 spiro atoms. The van der Waals surface area contributed by atoms with Gasteiger partial charge in [-0.2, -0.15) is 0 Å². The first kappa shape index (κ1) is 9.59. The molecule has 0 radical (unpaired) electrons. The molecule has 1 aliphatic carbocycles. The predicted octanol–water partition coefficient (Wildman–Crippen LogP) is 3.58. The zero-order valence-electron chi connectivity index (χ0n) is 9.96. The lowest BCUT2D eigenvalue weighted by Gasteiger charge is -2.11. The number of benzene rings is 1. The number of nitrogens with zero attached hydrogens (tertiary/aromatic N) is 1. The van der Waals surface area contributed by atoms with Gasteiger partial charge in [0.1, 0.15) is 0 Å². The summed E-state index contributed by atoms with van der Waals surface area (Å²) in [7, 11) is 0. The fourth-order valence-corrected chi connectivity index (χ4v) is 2.74. The van der Waals surface area contributed by atoms with Gasteiger partial charge in [-0.05, 0) is 54.7 Å². The minimum absolute atomic E-state index is 1.000. The first-order valence-corrected chi connectivity index (χ1v) is 5.72. The second-order valence-electron chi connectivity index (χ2n) is 4.66. The number of aryl methyl sites for hydroxylation is 2. The van der Waals surface area contributed by atoms with E-state index in [1.54, 1.807) is 0 Å². The highest BCUT2D eigenvalue weighted by Crippen LogP contribution is 2.40. The second-order valence-corrected chi connectivity index (χ2v) is 4.66. The van der Waals surface area contributed by atoms with E-state index in [0.29, 0.717) is 0 Å². The van der Waals surface area contributed by atoms with E-state index in [1.807, 2.05) is 12.3 Å². The van der Waals surface area contributed by atoms with Crippen LogP contribution < -0.4 is 0 Å². The number of pyridine rings is 1. The number of hydrogen-bond donors (Lipinski definition) is 0. The average Bonchev–Trinajstić information content (AvgIpc) is 2.65. The Morgan fingerprint density at radius 2 is 1.94 bits per heavy atom. The molecule has 1 heterocycles. The monoisotopic (exact) mass is 209 g/mol. The van der Waals surface area contributed by atoms with Crippen molar-refractivity contribution < 1.29 is 0 Å². The van der Waals surface area contributed by atoms with Gasteiger partial charge in [0.25, 0.3) is 0 Å². The van der Waals surface area contributed by atoms with Crippen LogP contribution in [0.25, 0.3) is 11.1 Å². The normalized spacial score (nSPS) is 12.4. The van der Waals surface area contributed by atoms with Crippen LogP contribution in [0.15, 0.2) is 24.4 Å². The summed E-state index contributed by atoms with van der Waals surface area (Å²) in [5, 5.41) is 0. The molecule has 3 rings (SSSR count). The van der Waals surface area contributed by atoms with E-state index in [2.05, 4.69) is 37.9 Å². The lowest BCUT2D eigenvalue weighted by atomic mass is 9.94. The van der Waals surface area contributed by atoms with Gasteiger partial charge in [0.05, 0.1) is 5.69 Å². The van der Waals surface area contributed by atoms with Crippen LogP contribution in [0.3, 0.4) is 0 Å². The Labute approximate surface area is 96.2 Å². The minimum atomic E-state index is 1.000. The van der Waals surface area contributed by atoms with E-state index >= 15 is 0 Å². The summed E-state index contributed by atoms with van der Waals surface area (Å²) in [5.74, 6) is 0. The highest BCUT2D eigenvalue weighted by atomic mass is 14.7. The summed E-state index contributed by atoms with van der Waals surface area (Å²) in [6.45, 7) is 6.62. The number of aromatic nitrogens is 1. The predicted molar refractivity (Wildman–Crippen MR) is 66.7 cm³/mol. The third kappa shape index (κ3) is 1.15. The molecule has 0 saturated carbocycles. The Bertz CT molecular complexity index is 582. The summed E-state index contributed by atoms with van der Waals surface area (Å²) in [6.07, 6.45) is 2.89. The quantitative estimate of drug-likeness (QED) is 0.551. The van der Waals surface area contributed by atoms with Crippen molar-refractivity contribution in [2.45, 2.75) is 27.2 Å². The molecule has 0 fully saturated rings. The van der Waals surface area contributed by atoms with E-state index in [0.717, 1.165) is 6.42 Å². The van der Waals surface area contributed by atoms with Crippen LogP contribution >= 0.6 is 0 Å². The van der Waals surface area contributed by atoms with Gasteiger partial charge in [0.2, 0.25) is 0 Å². The summed E-state index contributed by atoms with van der Waals surface area (Å²) < 4.78 is 0. The number of fused-ring (bicyclic) bond motifs is 3. The first-order chi connectivity index (χ1) is 7.68. The Morgan fingerprint density at radius 1 is 1.12 bits per heavy atom. The fraction of sp³-hybridized carbons (Fsp3) is 0.267. The average molecular weight is 209 g/mol. The highest BCUT2D eigenvalue weighted by molar-refractivity contribution is 5.79. The molecule has 1 nitrogen and oxygen atoms in total. The van der Waals surface area contributed by atoms with E-state index < -0.39 is 0 Å². The Balaban J connectivity index is 2.37.